The highest BCUT2D eigenvalue weighted by Crippen LogP contribution is 2.32. The van der Waals surface area contributed by atoms with Crippen LogP contribution in [0.25, 0.3) is 0 Å². The number of hydrogen-bond donors (Lipinski definition) is 0. The summed E-state index contributed by atoms with van der Waals surface area (Å²) in [6, 6.07) is 20.0. The molecule has 5 heteroatoms. The van der Waals surface area contributed by atoms with E-state index in [1.54, 1.807) is 12.4 Å². The number of aromatic nitrogens is 1. The first-order chi connectivity index (χ1) is 14.3. The van der Waals surface area contributed by atoms with Crippen LogP contribution in [0, 0.1) is 0 Å². The van der Waals surface area contributed by atoms with Gasteiger partial charge in [0.25, 0.3) is 0 Å². The number of ether oxygens (including phenoxy) is 2. The van der Waals surface area contributed by atoms with Crippen molar-refractivity contribution >= 4 is 5.91 Å². The van der Waals surface area contributed by atoms with Crippen LogP contribution in [-0.4, -0.2) is 29.1 Å². The fourth-order valence-corrected chi connectivity index (χ4v) is 3.46. The van der Waals surface area contributed by atoms with Gasteiger partial charge in [-0.15, -0.1) is 0 Å². The summed E-state index contributed by atoms with van der Waals surface area (Å²) in [4.78, 5) is 19.1. The van der Waals surface area contributed by atoms with E-state index >= 15 is 0 Å². The predicted molar refractivity (Wildman–Crippen MR) is 111 cm³/mol. The molecule has 0 atom stereocenters. The highest BCUT2D eigenvalue weighted by atomic mass is 16.7. The third kappa shape index (κ3) is 5.13. The summed E-state index contributed by atoms with van der Waals surface area (Å²) in [6.45, 7) is 1.53. The van der Waals surface area contributed by atoms with Crippen molar-refractivity contribution in [2.45, 2.75) is 25.8 Å². The van der Waals surface area contributed by atoms with E-state index in [0.717, 1.165) is 29.7 Å². The van der Waals surface area contributed by atoms with E-state index in [4.69, 9.17) is 9.47 Å². The third-order valence-electron chi connectivity index (χ3n) is 5.00. The monoisotopic (exact) mass is 388 g/mol. The molecule has 1 aromatic heterocycles. The lowest BCUT2D eigenvalue weighted by Gasteiger charge is -2.23. The normalized spacial score (nSPS) is 12.0. The zero-order valence-corrected chi connectivity index (χ0v) is 16.3. The molecule has 1 amide bonds. The number of hydrogen-bond acceptors (Lipinski definition) is 4. The van der Waals surface area contributed by atoms with Gasteiger partial charge in [-0.2, -0.15) is 0 Å². The lowest BCUT2D eigenvalue weighted by atomic mass is 10.1. The summed E-state index contributed by atoms with van der Waals surface area (Å²) in [5.41, 5.74) is 3.31. The topological polar surface area (TPSA) is 51.7 Å². The first-order valence-corrected chi connectivity index (χ1v) is 9.87. The molecule has 0 radical (unpaired) electrons. The molecule has 0 spiro atoms. The van der Waals surface area contributed by atoms with E-state index < -0.39 is 0 Å². The summed E-state index contributed by atoms with van der Waals surface area (Å²) in [5.74, 6) is 1.55. The van der Waals surface area contributed by atoms with E-state index in [-0.39, 0.29) is 12.7 Å². The third-order valence-corrected chi connectivity index (χ3v) is 5.00. The number of rotatable bonds is 8. The number of benzene rings is 2. The van der Waals surface area contributed by atoms with Gasteiger partial charge in [-0.1, -0.05) is 36.4 Å². The fourth-order valence-electron chi connectivity index (χ4n) is 3.46. The Morgan fingerprint density at radius 3 is 2.52 bits per heavy atom. The maximum absolute atomic E-state index is 13.1. The van der Waals surface area contributed by atoms with Crippen molar-refractivity contribution in [3.05, 3.63) is 89.7 Å². The van der Waals surface area contributed by atoms with Crippen LogP contribution in [0.1, 0.15) is 23.1 Å². The first kappa shape index (κ1) is 19.0. The van der Waals surface area contributed by atoms with E-state index in [1.807, 2.05) is 41.3 Å². The lowest BCUT2D eigenvalue weighted by Crippen LogP contribution is -2.33. The Hall–Kier alpha value is -3.34. The quantitative estimate of drug-likeness (QED) is 0.585. The summed E-state index contributed by atoms with van der Waals surface area (Å²) in [7, 11) is 0. The van der Waals surface area contributed by atoms with Crippen LogP contribution in [0.4, 0.5) is 0 Å². The van der Waals surface area contributed by atoms with Crippen molar-refractivity contribution in [3.8, 4) is 11.5 Å². The molecule has 29 heavy (non-hydrogen) atoms. The van der Waals surface area contributed by atoms with Gasteiger partial charge in [0.2, 0.25) is 12.7 Å². The van der Waals surface area contributed by atoms with Gasteiger partial charge in [0.15, 0.2) is 11.5 Å². The molecule has 148 valence electrons. The van der Waals surface area contributed by atoms with E-state index in [9.17, 15) is 4.79 Å². The average molecular weight is 388 g/mol. The highest BCUT2D eigenvalue weighted by Gasteiger charge is 2.18. The molecule has 4 rings (SSSR count). The minimum Gasteiger partial charge on any atom is -0.454 e. The van der Waals surface area contributed by atoms with E-state index in [0.29, 0.717) is 25.3 Å². The summed E-state index contributed by atoms with van der Waals surface area (Å²) < 4.78 is 10.8. The Labute approximate surface area is 170 Å². The highest BCUT2D eigenvalue weighted by molar-refractivity contribution is 5.79. The van der Waals surface area contributed by atoms with Crippen molar-refractivity contribution in [2.24, 2.45) is 0 Å². The molecule has 2 heterocycles. The first-order valence-electron chi connectivity index (χ1n) is 9.87. The molecule has 0 saturated heterocycles. The summed E-state index contributed by atoms with van der Waals surface area (Å²) in [5, 5.41) is 0. The minimum absolute atomic E-state index is 0.105. The average Bonchev–Trinajstić information content (AvgIpc) is 3.22. The molecule has 0 unspecified atom stereocenters. The molecule has 0 bridgehead atoms. The summed E-state index contributed by atoms with van der Waals surface area (Å²) in [6.07, 6.45) is 5.74. The van der Waals surface area contributed by atoms with Gasteiger partial charge < -0.3 is 14.4 Å². The van der Waals surface area contributed by atoms with Gasteiger partial charge in [-0.05, 0) is 53.8 Å². The smallest absolute Gasteiger partial charge is 0.231 e. The maximum atomic E-state index is 13.1. The van der Waals surface area contributed by atoms with Crippen molar-refractivity contribution in [1.29, 1.82) is 0 Å². The lowest BCUT2D eigenvalue weighted by molar-refractivity contribution is -0.131. The zero-order chi connectivity index (χ0) is 19.9. The van der Waals surface area contributed by atoms with Crippen molar-refractivity contribution in [1.82, 2.24) is 9.88 Å². The van der Waals surface area contributed by atoms with E-state index in [2.05, 4.69) is 29.2 Å². The Bertz CT molecular complexity index is 945. The molecule has 2 aromatic carbocycles. The second-order valence-electron chi connectivity index (χ2n) is 7.12. The standard InChI is InChI=1S/C24H24N2O3/c27-24(16-21-8-9-22-23(15-21)29-18-28-22)26(17-20-10-12-25-13-11-20)14-4-7-19-5-2-1-3-6-19/h1-3,5-6,8-13,15H,4,7,14,16-18H2. The maximum Gasteiger partial charge on any atom is 0.231 e. The van der Waals surface area contributed by atoms with Gasteiger partial charge >= 0.3 is 0 Å². The van der Waals surface area contributed by atoms with Gasteiger partial charge in [0, 0.05) is 25.5 Å². The van der Waals surface area contributed by atoms with E-state index in [1.165, 1.54) is 5.56 Å². The van der Waals surface area contributed by atoms with Gasteiger partial charge in [0.1, 0.15) is 0 Å². The number of carbonyl (C=O) groups excluding carboxylic acids is 1. The molecule has 0 N–H and O–H groups in total. The molecule has 1 aliphatic heterocycles. The number of carbonyl (C=O) groups is 1. The SMILES string of the molecule is O=C(Cc1ccc2c(c1)OCO2)N(CCCc1ccccc1)Cc1ccncc1. The molecular formula is C24H24N2O3. The fraction of sp³-hybridized carbons (Fsp3) is 0.250. The van der Waals surface area contributed by atoms with Gasteiger partial charge in [-0.3, -0.25) is 9.78 Å². The molecule has 0 aliphatic carbocycles. The van der Waals surface area contributed by atoms with Crippen LogP contribution in [0.15, 0.2) is 73.1 Å². The Morgan fingerprint density at radius 2 is 1.69 bits per heavy atom. The number of pyridine rings is 1. The van der Waals surface area contributed by atoms with Gasteiger partial charge in [0.05, 0.1) is 6.42 Å². The van der Waals surface area contributed by atoms with Crippen LogP contribution in [-0.2, 0) is 24.2 Å². The van der Waals surface area contributed by atoms with Crippen LogP contribution < -0.4 is 9.47 Å². The molecule has 0 fully saturated rings. The minimum atomic E-state index is 0.105. The second-order valence-corrected chi connectivity index (χ2v) is 7.12. The van der Waals surface area contributed by atoms with Crippen LogP contribution in [0.5, 0.6) is 11.5 Å². The second kappa shape index (κ2) is 9.24. The summed E-state index contributed by atoms with van der Waals surface area (Å²) >= 11 is 0. The van der Waals surface area contributed by atoms with Crippen LogP contribution >= 0.6 is 0 Å². The van der Waals surface area contributed by atoms with Gasteiger partial charge in [-0.25, -0.2) is 0 Å². The Kier molecular flexibility index (Phi) is 6.05. The molecular weight excluding hydrogens is 364 g/mol. The van der Waals surface area contributed by atoms with Crippen LogP contribution in [0.2, 0.25) is 0 Å². The number of aryl methyl sites for hydroxylation is 1. The van der Waals surface area contributed by atoms with Crippen LogP contribution in [0.3, 0.4) is 0 Å². The molecule has 0 saturated carbocycles. The van der Waals surface area contributed by atoms with Crippen molar-refractivity contribution in [2.75, 3.05) is 13.3 Å². The number of nitrogens with zero attached hydrogens (tertiary/aromatic N) is 2. The zero-order valence-electron chi connectivity index (χ0n) is 16.3. The largest absolute Gasteiger partial charge is 0.454 e. The molecule has 3 aromatic rings. The van der Waals surface area contributed by atoms with Crippen molar-refractivity contribution in [3.63, 3.8) is 0 Å². The number of amides is 1. The Morgan fingerprint density at radius 1 is 0.897 bits per heavy atom. The number of fused-ring (bicyclic) bond motifs is 1. The predicted octanol–water partition coefficient (Wildman–Crippen LogP) is 4.01. The molecule has 5 nitrogen and oxygen atoms in total. The Balaban J connectivity index is 1.42. The van der Waals surface area contributed by atoms with Crippen molar-refractivity contribution < 1.29 is 14.3 Å². The molecule has 1 aliphatic rings.